The molecule has 0 bridgehead atoms. The standard InChI is InChI=1S/C43H78NO8P/c1-3-5-7-8-9-10-11-12-13-14-17-20-23-26-29-32-37-49-39-42(40-51-53(47,48)50-38-36-44)52-43(46)35-31-28-25-22-19-16-15-18-21-24-27-30-34-41(45)33-6-4-2/h15-16,21-22,24-25,30,32,34,37,41-42,45H,3-14,17-20,23,26-29,31,33,35-36,38-40,44H2,1-2H3,(H,47,48)/b16-15-,24-21-,25-22-,34-30-,37-32+/t41-,42-/m1/s1. The first kappa shape index (κ1) is 51.0. The Morgan fingerprint density at radius 1 is 0.660 bits per heavy atom. The molecule has 10 heteroatoms. The lowest BCUT2D eigenvalue weighted by Gasteiger charge is -2.19. The van der Waals surface area contributed by atoms with Crippen molar-refractivity contribution in [1.82, 2.24) is 0 Å². The fraction of sp³-hybridized carbons (Fsp3) is 0.744. The molecular formula is C43H78NO8P. The zero-order chi connectivity index (χ0) is 38.9. The molecule has 0 spiro atoms. The van der Waals surface area contributed by atoms with E-state index in [2.05, 4.69) is 44.2 Å². The molecule has 0 aromatic rings. The van der Waals surface area contributed by atoms with Crippen molar-refractivity contribution in [1.29, 1.82) is 0 Å². The molecule has 0 aliphatic rings. The second kappa shape index (κ2) is 39.7. The summed E-state index contributed by atoms with van der Waals surface area (Å²) in [5, 5.41) is 9.81. The Balaban J connectivity index is 4.24. The minimum atomic E-state index is -4.32. The summed E-state index contributed by atoms with van der Waals surface area (Å²) < 4.78 is 33.1. The number of phosphoric ester groups is 1. The van der Waals surface area contributed by atoms with Gasteiger partial charge in [0.05, 0.1) is 25.6 Å². The van der Waals surface area contributed by atoms with Crippen molar-refractivity contribution in [2.24, 2.45) is 5.73 Å². The molecule has 0 saturated carbocycles. The molecule has 0 saturated heterocycles. The number of aliphatic hydroxyl groups excluding tert-OH is 1. The SMILES string of the molecule is CCCCCCCCCCCCCCCC/C=C/OC[C@H](COP(=O)(O)OCCN)OC(=O)CCC/C=C\C/C=C\C/C=C\C/C=C\[C@H](O)CCCC. The second-order valence-corrected chi connectivity index (χ2v) is 15.2. The highest BCUT2D eigenvalue weighted by Gasteiger charge is 2.25. The number of carbonyl (C=O) groups excluding carboxylic acids is 1. The number of allylic oxidation sites excluding steroid dienone is 8. The number of esters is 1. The number of carbonyl (C=O) groups is 1. The van der Waals surface area contributed by atoms with Gasteiger partial charge in [0.25, 0.3) is 0 Å². The zero-order valence-electron chi connectivity index (χ0n) is 33.6. The quantitative estimate of drug-likeness (QED) is 0.0183. The van der Waals surface area contributed by atoms with Crippen LogP contribution in [0.1, 0.15) is 168 Å². The fourth-order valence-corrected chi connectivity index (χ4v) is 6.21. The smallest absolute Gasteiger partial charge is 0.472 e. The van der Waals surface area contributed by atoms with E-state index in [1.165, 1.54) is 83.5 Å². The monoisotopic (exact) mass is 768 g/mol. The third-order valence-corrected chi connectivity index (χ3v) is 9.56. The summed E-state index contributed by atoms with van der Waals surface area (Å²) in [5.74, 6) is -0.422. The zero-order valence-corrected chi connectivity index (χ0v) is 34.5. The summed E-state index contributed by atoms with van der Waals surface area (Å²) in [6, 6.07) is 0. The fourth-order valence-electron chi connectivity index (χ4n) is 5.44. The van der Waals surface area contributed by atoms with Crippen LogP contribution < -0.4 is 5.73 Å². The van der Waals surface area contributed by atoms with E-state index in [-0.39, 0.29) is 38.9 Å². The maximum absolute atomic E-state index is 12.5. The molecule has 0 aromatic carbocycles. The van der Waals surface area contributed by atoms with Gasteiger partial charge in [-0.25, -0.2) is 4.57 Å². The predicted molar refractivity (Wildman–Crippen MR) is 220 cm³/mol. The number of nitrogens with two attached hydrogens (primary N) is 1. The van der Waals surface area contributed by atoms with Gasteiger partial charge in [-0.3, -0.25) is 13.8 Å². The van der Waals surface area contributed by atoms with Gasteiger partial charge in [-0.1, -0.05) is 159 Å². The first-order chi connectivity index (χ1) is 25.8. The summed E-state index contributed by atoms with van der Waals surface area (Å²) in [4.78, 5) is 22.4. The first-order valence-corrected chi connectivity index (χ1v) is 22.4. The molecular weight excluding hydrogens is 689 g/mol. The third-order valence-electron chi connectivity index (χ3n) is 8.57. The van der Waals surface area contributed by atoms with Gasteiger partial charge in [-0.05, 0) is 57.4 Å². The summed E-state index contributed by atoms with van der Waals surface area (Å²) >= 11 is 0. The summed E-state index contributed by atoms with van der Waals surface area (Å²) in [6.45, 7) is 4.00. The van der Waals surface area contributed by atoms with E-state index >= 15 is 0 Å². The van der Waals surface area contributed by atoms with Crippen LogP contribution in [0.4, 0.5) is 0 Å². The van der Waals surface area contributed by atoms with Crippen molar-refractivity contribution in [3.05, 3.63) is 60.9 Å². The van der Waals surface area contributed by atoms with E-state index < -0.39 is 19.9 Å². The Bertz CT molecular complexity index is 1010. The van der Waals surface area contributed by atoms with Gasteiger partial charge in [0.1, 0.15) is 6.61 Å². The maximum Gasteiger partial charge on any atom is 0.472 e. The Kier molecular flexibility index (Phi) is 38.2. The summed E-state index contributed by atoms with van der Waals surface area (Å²) in [5.41, 5.74) is 5.35. The van der Waals surface area contributed by atoms with E-state index in [0.29, 0.717) is 6.42 Å². The summed E-state index contributed by atoms with van der Waals surface area (Å²) in [6.07, 6.45) is 45.3. The average molecular weight is 768 g/mol. The van der Waals surface area contributed by atoms with Crippen LogP contribution >= 0.6 is 7.82 Å². The molecule has 3 atom stereocenters. The van der Waals surface area contributed by atoms with Crippen molar-refractivity contribution in [3.63, 3.8) is 0 Å². The van der Waals surface area contributed by atoms with Crippen LogP contribution in [0.3, 0.4) is 0 Å². The molecule has 308 valence electrons. The number of aliphatic hydroxyl groups is 1. The Hall–Kier alpha value is -2.00. The van der Waals surface area contributed by atoms with Gasteiger partial charge in [0.2, 0.25) is 0 Å². The van der Waals surface area contributed by atoms with Gasteiger partial charge < -0.3 is 25.2 Å². The minimum absolute atomic E-state index is 0.00182. The molecule has 9 nitrogen and oxygen atoms in total. The first-order valence-electron chi connectivity index (χ1n) is 20.9. The molecule has 0 amide bonds. The molecule has 0 heterocycles. The largest absolute Gasteiger partial charge is 0.498 e. The molecule has 53 heavy (non-hydrogen) atoms. The van der Waals surface area contributed by atoms with E-state index in [4.69, 9.17) is 24.3 Å². The lowest BCUT2D eigenvalue weighted by molar-refractivity contribution is -0.153. The van der Waals surface area contributed by atoms with Crippen LogP contribution in [0.2, 0.25) is 0 Å². The van der Waals surface area contributed by atoms with Crippen molar-refractivity contribution in [2.75, 3.05) is 26.4 Å². The van der Waals surface area contributed by atoms with Gasteiger partial charge in [-0.2, -0.15) is 0 Å². The van der Waals surface area contributed by atoms with E-state index in [9.17, 15) is 19.4 Å². The van der Waals surface area contributed by atoms with Crippen LogP contribution in [0.25, 0.3) is 0 Å². The number of rotatable bonds is 39. The highest BCUT2D eigenvalue weighted by Crippen LogP contribution is 2.43. The Morgan fingerprint density at radius 2 is 1.19 bits per heavy atom. The lowest BCUT2D eigenvalue weighted by Crippen LogP contribution is -2.27. The normalized spacial score (nSPS) is 14.7. The van der Waals surface area contributed by atoms with Gasteiger partial charge in [0.15, 0.2) is 6.10 Å². The van der Waals surface area contributed by atoms with E-state index in [1.807, 2.05) is 24.3 Å². The predicted octanol–water partition coefficient (Wildman–Crippen LogP) is 11.5. The molecule has 0 rings (SSSR count). The van der Waals surface area contributed by atoms with Crippen LogP contribution in [0.5, 0.6) is 0 Å². The molecule has 0 aliphatic carbocycles. The summed E-state index contributed by atoms with van der Waals surface area (Å²) in [7, 11) is -4.32. The number of ether oxygens (including phenoxy) is 2. The number of unbranched alkanes of at least 4 members (excludes halogenated alkanes) is 16. The molecule has 1 unspecified atom stereocenters. The van der Waals surface area contributed by atoms with Crippen LogP contribution in [0.15, 0.2) is 60.9 Å². The molecule has 0 fully saturated rings. The van der Waals surface area contributed by atoms with Crippen molar-refractivity contribution < 1.29 is 37.9 Å². The minimum Gasteiger partial charge on any atom is -0.498 e. The van der Waals surface area contributed by atoms with Gasteiger partial charge >= 0.3 is 13.8 Å². The molecule has 0 aromatic heterocycles. The number of hydrogen-bond donors (Lipinski definition) is 3. The lowest BCUT2D eigenvalue weighted by atomic mass is 10.0. The van der Waals surface area contributed by atoms with Crippen LogP contribution in [-0.4, -0.2) is 54.5 Å². The maximum atomic E-state index is 12.5. The number of phosphoric acid groups is 1. The topological polar surface area (TPSA) is 138 Å². The van der Waals surface area contributed by atoms with E-state index in [1.54, 1.807) is 6.26 Å². The van der Waals surface area contributed by atoms with Crippen molar-refractivity contribution in [2.45, 2.75) is 180 Å². The van der Waals surface area contributed by atoms with Crippen molar-refractivity contribution >= 4 is 13.8 Å². The van der Waals surface area contributed by atoms with Gasteiger partial charge in [0, 0.05) is 13.0 Å². The average Bonchev–Trinajstić information content (AvgIpc) is 3.14. The molecule has 0 radical (unpaired) electrons. The third kappa shape index (κ3) is 39.5. The van der Waals surface area contributed by atoms with Crippen molar-refractivity contribution in [3.8, 4) is 0 Å². The second-order valence-electron chi connectivity index (χ2n) is 13.7. The van der Waals surface area contributed by atoms with E-state index in [0.717, 1.165) is 57.8 Å². The van der Waals surface area contributed by atoms with Crippen LogP contribution in [0, 0.1) is 0 Å². The Labute approximate surface area is 324 Å². The number of hydrogen-bond acceptors (Lipinski definition) is 8. The highest BCUT2D eigenvalue weighted by atomic mass is 31.2. The van der Waals surface area contributed by atoms with Gasteiger partial charge in [-0.15, -0.1) is 0 Å². The van der Waals surface area contributed by atoms with Crippen LogP contribution in [-0.2, 0) is 27.9 Å². The molecule has 0 aliphatic heterocycles. The Morgan fingerprint density at radius 3 is 1.77 bits per heavy atom. The highest BCUT2D eigenvalue weighted by molar-refractivity contribution is 7.47. The molecule has 4 N–H and O–H groups in total.